The zero-order valence-corrected chi connectivity index (χ0v) is 17.8. The number of nitrogens with zero attached hydrogens (tertiary/aromatic N) is 3. The summed E-state index contributed by atoms with van der Waals surface area (Å²) in [5, 5.41) is 9.81. The van der Waals surface area contributed by atoms with E-state index in [1.807, 2.05) is 18.3 Å². The van der Waals surface area contributed by atoms with Gasteiger partial charge in [-0.25, -0.2) is 9.37 Å². The van der Waals surface area contributed by atoms with Crippen LogP contribution in [-0.4, -0.2) is 52.7 Å². The molecule has 0 bridgehead atoms. The Bertz CT molecular complexity index is 925. The Morgan fingerprint density at radius 1 is 0.968 bits per heavy atom. The Labute approximate surface area is 182 Å². The van der Waals surface area contributed by atoms with Crippen molar-refractivity contribution in [3.8, 4) is 11.1 Å². The van der Waals surface area contributed by atoms with E-state index in [0.29, 0.717) is 11.9 Å². The number of rotatable bonds is 3. The van der Waals surface area contributed by atoms with Crippen LogP contribution in [0, 0.1) is 11.2 Å². The van der Waals surface area contributed by atoms with Crippen LogP contribution in [0.5, 0.6) is 0 Å². The quantitative estimate of drug-likeness (QED) is 0.811. The maximum atomic E-state index is 13.5. The van der Waals surface area contributed by atoms with E-state index in [4.69, 9.17) is 0 Å². The third kappa shape index (κ3) is 3.93. The minimum Gasteiger partial charge on any atom is -0.393 e. The number of aromatic nitrogens is 1. The maximum Gasteiger partial charge on any atom is 0.230 e. The number of anilines is 1. The summed E-state index contributed by atoms with van der Waals surface area (Å²) >= 11 is 0. The summed E-state index contributed by atoms with van der Waals surface area (Å²) in [5.41, 5.74) is 1.60. The summed E-state index contributed by atoms with van der Waals surface area (Å²) in [6.45, 7) is 2.47. The van der Waals surface area contributed by atoms with Gasteiger partial charge in [0, 0.05) is 37.4 Å². The lowest BCUT2D eigenvalue weighted by Crippen LogP contribution is -2.50. The maximum absolute atomic E-state index is 13.5. The molecule has 1 aliphatic carbocycles. The molecule has 1 N–H and O–H groups in total. The first kappa shape index (κ1) is 20.4. The second-order valence-corrected chi connectivity index (χ2v) is 9.43. The number of halogens is 1. The van der Waals surface area contributed by atoms with E-state index < -0.39 is 0 Å². The van der Waals surface area contributed by atoms with E-state index in [1.54, 1.807) is 12.1 Å². The van der Waals surface area contributed by atoms with Crippen LogP contribution >= 0.6 is 0 Å². The van der Waals surface area contributed by atoms with Crippen molar-refractivity contribution in [2.24, 2.45) is 5.41 Å². The van der Waals surface area contributed by atoms with Gasteiger partial charge in [0.2, 0.25) is 5.91 Å². The molecule has 3 heterocycles. The zero-order valence-electron chi connectivity index (χ0n) is 17.8. The molecular formula is C25H30FN3O2. The van der Waals surface area contributed by atoms with Crippen molar-refractivity contribution in [1.82, 2.24) is 9.88 Å². The van der Waals surface area contributed by atoms with Crippen LogP contribution in [0.4, 0.5) is 10.2 Å². The van der Waals surface area contributed by atoms with Gasteiger partial charge in [-0.05, 0) is 74.8 Å². The second kappa shape index (κ2) is 8.23. The van der Waals surface area contributed by atoms with Crippen molar-refractivity contribution < 1.29 is 14.3 Å². The summed E-state index contributed by atoms with van der Waals surface area (Å²) in [4.78, 5) is 22.5. The number of benzene rings is 1. The number of carbonyl (C=O) groups excluding carboxylic acids is 1. The van der Waals surface area contributed by atoms with E-state index in [9.17, 15) is 14.3 Å². The first-order chi connectivity index (χ1) is 15.0. The van der Waals surface area contributed by atoms with Crippen molar-refractivity contribution in [2.75, 3.05) is 24.5 Å². The summed E-state index contributed by atoms with van der Waals surface area (Å²) in [7, 11) is 0. The summed E-state index contributed by atoms with van der Waals surface area (Å²) in [6, 6.07) is 10.8. The number of hydrogen-bond donors (Lipinski definition) is 1. The van der Waals surface area contributed by atoms with Gasteiger partial charge in [-0.2, -0.15) is 0 Å². The molecule has 1 aromatic carbocycles. The molecule has 5 rings (SSSR count). The van der Waals surface area contributed by atoms with E-state index >= 15 is 0 Å². The van der Waals surface area contributed by atoms with Gasteiger partial charge in [-0.3, -0.25) is 4.79 Å². The van der Waals surface area contributed by atoms with Gasteiger partial charge in [-0.1, -0.05) is 12.1 Å². The smallest absolute Gasteiger partial charge is 0.230 e. The highest BCUT2D eigenvalue weighted by Gasteiger charge is 2.50. The number of likely N-dealkylation sites (tertiary alicyclic amines) is 1. The van der Waals surface area contributed by atoms with Gasteiger partial charge in [-0.15, -0.1) is 0 Å². The Morgan fingerprint density at radius 2 is 1.71 bits per heavy atom. The van der Waals surface area contributed by atoms with Crippen LogP contribution in [0.25, 0.3) is 11.1 Å². The molecule has 2 aliphatic heterocycles. The number of aliphatic hydroxyl groups excluding tert-OH is 1. The normalized spacial score (nSPS) is 29.0. The SMILES string of the molecule is O=C1N(C2CCC(O)CC2)CC[C@]12CCCN(c1ccc(-c3ccc(F)cc3)cn1)C2. The van der Waals surface area contributed by atoms with Crippen LogP contribution in [0.1, 0.15) is 44.9 Å². The summed E-state index contributed by atoms with van der Waals surface area (Å²) in [5.74, 6) is 0.963. The lowest BCUT2D eigenvalue weighted by molar-refractivity contribution is -0.139. The Morgan fingerprint density at radius 3 is 2.42 bits per heavy atom. The third-order valence-corrected chi connectivity index (χ3v) is 7.48. The van der Waals surface area contributed by atoms with Gasteiger partial charge in [0.1, 0.15) is 11.6 Å². The van der Waals surface area contributed by atoms with Crippen LogP contribution in [0.3, 0.4) is 0 Å². The van der Waals surface area contributed by atoms with Gasteiger partial charge in [0.15, 0.2) is 0 Å². The van der Waals surface area contributed by atoms with Crippen molar-refractivity contribution in [2.45, 2.75) is 57.1 Å². The number of hydrogen-bond acceptors (Lipinski definition) is 4. The monoisotopic (exact) mass is 423 g/mol. The molecule has 3 fully saturated rings. The number of aliphatic hydroxyl groups is 1. The number of pyridine rings is 1. The molecule has 2 saturated heterocycles. The van der Waals surface area contributed by atoms with Gasteiger partial charge < -0.3 is 14.9 Å². The first-order valence-electron chi connectivity index (χ1n) is 11.5. The zero-order chi connectivity index (χ0) is 21.4. The van der Waals surface area contributed by atoms with Crippen LogP contribution in [0.2, 0.25) is 0 Å². The highest BCUT2D eigenvalue weighted by molar-refractivity contribution is 5.86. The van der Waals surface area contributed by atoms with E-state index in [0.717, 1.165) is 81.5 Å². The minimum atomic E-state index is -0.300. The summed E-state index contributed by atoms with van der Waals surface area (Å²) in [6.07, 6.45) is 7.92. The fraction of sp³-hybridized carbons (Fsp3) is 0.520. The predicted octanol–water partition coefficient (Wildman–Crippen LogP) is 4.01. The molecule has 2 aromatic rings. The third-order valence-electron chi connectivity index (χ3n) is 7.48. The van der Waals surface area contributed by atoms with Crippen molar-refractivity contribution >= 4 is 11.7 Å². The predicted molar refractivity (Wildman–Crippen MR) is 118 cm³/mol. The molecular weight excluding hydrogens is 393 g/mol. The van der Waals surface area contributed by atoms with E-state index in [-0.39, 0.29) is 17.3 Å². The van der Waals surface area contributed by atoms with Gasteiger partial charge in [0.05, 0.1) is 11.5 Å². The highest BCUT2D eigenvalue weighted by Crippen LogP contribution is 2.43. The Kier molecular flexibility index (Phi) is 5.42. The Hall–Kier alpha value is -2.47. The number of amides is 1. The molecule has 0 unspecified atom stereocenters. The van der Waals surface area contributed by atoms with Gasteiger partial charge >= 0.3 is 0 Å². The molecule has 1 aromatic heterocycles. The van der Waals surface area contributed by atoms with E-state index in [1.165, 1.54) is 12.1 Å². The molecule has 3 aliphatic rings. The minimum absolute atomic E-state index is 0.197. The molecule has 1 amide bonds. The average molecular weight is 424 g/mol. The fourth-order valence-electron chi connectivity index (χ4n) is 5.66. The molecule has 1 saturated carbocycles. The van der Waals surface area contributed by atoms with Crippen LogP contribution in [-0.2, 0) is 4.79 Å². The topological polar surface area (TPSA) is 56.7 Å². The average Bonchev–Trinajstić information content (AvgIpc) is 3.10. The fourth-order valence-corrected chi connectivity index (χ4v) is 5.66. The largest absolute Gasteiger partial charge is 0.393 e. The number of carbonyl (C=O) groups is 1. The molecule has 164 valence electrons. The standard InChI is InChI=1S/C25H30FN3O2/c26-20-5-2-18(3-6-20)19-4-11-23(27-16-19)28-14-1-12-25(17-28)13-15-29(24(25)31)21-7-9-22(30)10-8-21/h2-6,11,16,21-22,30H,1,7-10,12-15,17H2/t21?,22?,25-/m0/s1. The van der Waals surface area contributed by atoms with Gasteiger partial charge in [0.25, 0.3) is 0 Å². The first-order valence-corrected chi connectivity index (χ1v) is 11.5. The second-order valence-electron chi connectivity index (χ2n) is 9.43. The van der Waals surface area contributed by atoms with Crippen molar-refractivity contribution in [3.63, 3.8) is 0 Å². The molecule has 5 nitrogen and oxygen atoms in total. The lowest BCUT2D eigenvalue weighted by atomic mass is 9.78. The van der Waals surface area contributed by atoms with Crippen molar-refractivity contribution in [3.05, 3.63) is 48.4 Å². The number of piperidine rings is 1. The molecule has 1 spiro atoms. The Balaban J connectivity index is 1.29. The highest BCUT2D eigenvalue weighted by atomic mass is 19.1. The van der Waals surface area contributed by atoms with Crippen LogP contribution in [0.15, 0.2) is 42.6 Å². The van der Waals surface area contributed by atoms with Crippen molar-refractivity contribution in [1.29, 1.82) is 0 Å². The van der Waals surface area contributed by atoms with Crippen LogP contribution < -0.4 is 4.90 Å². The molecule has 31 heavy (non-hydrogen) atoms. The lowest BCUT2D eigenvalue weighted by Gasteiger charge is -2.41. The van der Waals surface area contributed by atoms with E-state index in [2.05, 4.69) is 14.8 Å². The molecule has 0 radical (unpaired) electrons. The molecule has 6 heteroatoms. The summed E-state index contributed by atoms with van der Waals surface area (Å²) < 4.78 is 13.2. The molecule has 1 atom stereocenters.